The number of nitrogens with zero attached hydrogens (tertiary/aromatic N) is 2. The molecule has 3 aromatic rings. The molecule has 0 atom stereocenters. The zero-order chi connectivity index (χ0) is 18.4. The van der Waals surface area contributed by atoms with Gasteiger partial charge in [-0.1, -0.05) is 74.2 Å². The highest BCUT2D eigenvalue weighted by atomic mass is 16.1. The van der Waals surface area contributed by atoms with Crippen LogP contribution in [0, 0.1) is 6.92 Å². The van der Waals surface area contributed by atoms with Gasteiger partial charge in [0.1, 0.15) is 0 Å². The van der Waals surface area contributed by atoms with Crippen LogP contribution in [0.15, 0.2) is 54.6 Å². The van der Waals surface area contributed by atoms with Gasteiger partial charge in [0.2, 0.25) is 5.78 Å². The number of imidazole rings is 1. The average molecular weight is 346 g/mol. The largest absolute Gasteiger partial charge is 0.321 e. The lowest BCUT2D eigenvalue weighted by Gasteiger charge is -2.07. The van der Waals surface area contributed by atoms with Gasteiger partial charge in [-0.3, -0.25) is 4.79 Å². The first-order chi connectivity index (χ1) is 12.7. The van der Waals surface area contributed by atoms with E-state index in [4.69, 9.17) is 0 Å². The summed E-state index contributed by atoms with van der Waals surface area (Å²) in [5, 5.41) is 0. The van der Waals surface area contributed by atoms with Crippen molar-refractivity contribution in [3.63, 3.8) is 0 Å². The zero-order valence-corrected chi connectivity index (χ0v) is 15.6. The molecule has 0 N–H and O–H groups in total. The van der Waals surface area contributed by atoms with E-state index in [-0.39, 0.29) is 5.78 Å². The summed E-state index contributed by atoms with van der Waals surface area (Å²) in [4.78, 5) is 17.4. The predicted molar refractivity (Wildman–Crippen MR) is 108 cm³/mol. The number of allylic oxidation sites excluding steroid dienone is 1. The number of hydrogen-bond acceptors (Lipinski definition) is 2. The normalized spacial score (nSPS) is 11.5. The standard InChI is InChI=1S/C23H26N2O/c1-3-4-5-8-17-25-21-10-7-6-9-20(21)24-23(25)22(26)16-15-19-13-11-18(2)12-14-19/h6-7,9-16H,3-5,8,17H2,1-2H3/b16-15+. The number of para-hydroxylation sites is 2. The molecule has 3 nitrogen and oxygen atoms in total. The lowest BCUT2D eigenvalue weighted by Crippen LogP contribution is -2.09. The minimum atomic E-state index is -0.0442. The van der Waals surface area contributed by atoms with Crippen molar-refractivity contribution in [1.82, 2.24) is 9.55 Å². The molecule has 0 fully saturated rings. The molecule has 26 heavy (non-hydrogen) atoms. The molecule has 0 unspecified atom stereocenters. The number of aromatic nitrogens is 2. The van der Waals surface area contributed by atoms with Crippen LogP contribution in [0.4, 0.5) is 0 Å². The lowest BCUT2D eigenvalue weighted by molar-refractivity contribution is 0.103. The highest BCUT2D eigenvalue weighted by Gasteiger charge is 2.15. The third kappa shape index (κ3) is 4.29. The summed E-state index contributed by atoms with van der Waals surface area (Å²) in [5.74, 6) is 0.489. The van der Waals surface area contributed by atoms with Gasteiger partial charge < -0.3 is 4.57 Å². The van der Waals surface area contributed by atoms with Crippen LogP contribution in [0.2, 0.25) is 0 Å². The lowest BCUT2D eigenvalue weighted by atomic mass is 10.1. The van der Waals surface area contributed by atoms with Crippen molar-refractivity contribution in [3.05, 3.63) is 71.6 Å². The Balaban J connectivity index is 1.85. The second-order valence-corrected chi connectivity index (χ2v) is 6.74. The van der Waals surface area contributed by atoms with E-state index in [1.54, 1.807) is 6.08 Å². The fraction of sp³-hybridized carbons (Fsp3) is 0.304. The molecule has 0 saturated heterocycles. The molecule has 0 radical (unpaired) electrons. The first kappa shape index (κ1) is 18.1. The van der Waals surface area contributed by atoms with Crippen molar-refractivity contribution >= 4 is 22.9 Å². The van der Waals surface area contributed by atoms with Gasteiger partial charge in [0.15, 0.2) is 5.82 Å². The highest BCUT2D eigenvalue weighted by molar-refractivity contribution is 6.06. The summed E-state index contributed by atoms with van der Waals surface area (Å²) in [6.45, 7) is 5.09. The van der Waals surface area contributed by atoms with Crippen molar-refractivity contribution < 1.29 is 4.79 Å². The third-order valence-electron chi connectivity index (χ3n) is 4.61. The van der Waals surface area contributed by atoms with Crippen molar-refractivity contribution in [2.75, 3.05) is 0 Å². The van der Waals surface area contributed by atoms with Crippen molar-refractivity contribution in [1.29, 1.82) is 0 Å². The summed E-state index contributed by atoms with van der Waals surface area (Å²) >= 11 is 0. The molecule has 3 heteroatoms. The Hall–Kier alpha value is -2.68. The number of carbonyl (C=O) groups is 1. The molecule has 134 valence electrons. The van der Waals surface area contributed by atoms with Gasteiger partial charge in [-0.2, -0.15) is 0 Å². The second-order valence-electron chi connectivity index (χ2n) is 6.74. The molecule has 0 aliphatic carbocycles. The number of aryl methyl sites for hydroxylation is 2. The molecular weight excluding hydrogens is 320 g/mol. The van der Waals surface area contributed by atoms with Crippen molar-refractivity contribution in [2.24, 2.45) is 0 Å². The van der Waals surface area contributed by atoms with Crippen LogP contribution in [0.5, 0.6) is 0 Å². The maximum Gasteiger partial charge on any atom is 0.221 e. The molecule has 0 amide bonds. The number of fused-ring (bicyclic) bond motifs is 1. The Bertz CT molecular complexity index is 904. The third-order valence-corrected chi connectivity index (χ3v) is 4.61. The first-order valence-corrected chi connectivity index (χ1v) is 9.43. The van der Waals surface area contributed by atoms with Crippen LogP contribution < -0.4 is 0 Å². The summed E-state index contributed by atoms with van der Waals surface area (Å²) < 4.78 is 2.08. The topological polar surface area (TPSA) is 34.9 Å². The van der Waals surface area contributed by atoms with Crippen LogP contribution in [0.25, 0.3) is 17.1 Å². The maximum absolute atomic E-state index is 12.8. The van der Waals surface area contributed by atoms with E-state index < -0.39 is 0 Å². The smallest absolute Gasteiger partial charge is 0.221 e. The first-order valence-electron chi connectivity index (χ1n) is 9.43. The van der Waals surface area contributed by atoms with Gasteiger partial charge in [0.25, 0.3) is 0 Å². The van der Waals surface area contributed by atoms with Gasteiger partial charge in [0.05, 0.1) is 11.0 Å². The van der Waals surface area contributed by atoms with E-state index in [9.17, 15) is 4.79 Å². The van der Waals surface area contributed by atoms with Crippen LogP contribution in [-0.2, 0) is 6.54 Å². The van der Waals surface area contributed by atoms with Crippen LogP contribution in [-0.4, -0.2) is 15.3 Å². The minimum Gasteiger partial charge on any atom is -0.321 e. The molecule has 2 aromatic carbocycles. The number of rotatable bonds is 8. The van der Waals surface area contributed by atoms with Gasteiger partial charge in [-0.25, -0.2) is 4.98 Å². The number of carbonyl (C=O) groups excluding carboxylic acids is 1. The van der Waals surface area contributed by atoms with E-state index in [1.807, 2.05) is 54.6 Å². The van der Waals surface area contributed by atoms with Gasteiger partial charge in [-0.05, 0) is 37.1 Å². The molecule has 3 rings (SSSR count). The maximum atomic E-state index is 12.8. The fourth-order valence-electron chi connectivity index (χ4n) is 3.11. The molecule has 0 bridgehead atoms. The van der Waals surface area contributed by atoms with Crippen LogP contribution >= 0.6 is 0 Å². The molecule has 0 aliphatic rings. The van der Waals surface area contributed by atoms with Crippen LogP contribution in [0.3, 0.4) is 0 Å². The second kappa shape index (κ2) is 8.61. The fourth-order valence-corrected chi connectivity index (χ4v) is 3.11. The van der Waals surface area contributed by atoms with Crippen molar-refractivity contribution in [2.45, 2.75) is 46.1 Å². The molecule has 1 aromatic heterocycles. The summed E-state index contributed by atoms with van der Waals surface area (Å²) in [5.41, 5.74) is 4.16. The number of unbranched alkanes of at least 4 members (excludes halogenated alkanes) is 3. The van der Waals surface area contributed by atoms with Crippen LogP contribution in [0.1, 0.15) is 54.4 Å². The van der Waals surface area contributed by atoms with Gasteiger partial charge >= 0.3 is 0 Å². The molecule has 1 heterocycles. The number of ketones is 1. The van der Waals surface area contributed by atoms with Gasteiger partial charge in [0, 0.05) is 6.54 Å². The molecule has 0 spiro atoms. The number of hydrogen-bond donors (Lipinski definition) is 0. The highest BCUT2D eigenvalue weighted by Crippen LogP contribution is 2.18. The summed E-state index contributed by atoms with van der Waals surface area (Å²) in [6, 6.07) is 16.1. The molecule has 0 aliphatic heterocycles. The molecule has 0 saturated carbocycles. The monoisotopic (exact) mass is 346 g/mol. The quantitative estimate of drug-likeness (QED) is 0.292. The average Bonchev–Trinajstić information content (AvgIpc) is 3.03. The van der Waals surface area contributed by atoms with Gasteiger partial charge in [-0.15, -0.1) is 0 Å². The minimum absolute atomic E-state index is 0.0442. The van der Waals surface area contributed by atoms with Crippen molar-refractivity contribution in [3.8, 4) is 0 Å². The predicted octanol–water partition coefficient (Wildman–Crippen LogP) is 5.82. The Morgan fingerprint density at radius 2 is 1.81 bits per heavy atom. The Kier molecular flexibility index (Phi) is 6.00. The Morgan fingerprint density at radius 3 is 2.58 bits per heavy atom. The SMILES string of the molecule is CCCCCCn1c(C(=O)/C=C/c2ccc(C)cc2)nc2ccccc21. The zero-order valence-electron chi connectivity index (χ0n) is 15.6. The summed E-state index contributed by atoms with van der Waals surface area (Å²) in [7, 11) is 0. The van der Waals surface area contributed by atoms with E-state index in [1.165, 1.54) is 24.8 Å². The number of benzene rings is 2. The van der Waals surface area contributed by atoms with E-state index >= 15 is 0 Å². The Morgan fingerprint density at radius 1 is 1.04 bits per heavy atom. The summed E-state index contributed by atoms with van der Waals surface area (Å²) in [6.07, 6.45) is 8.17. The van der Waals surface area contributed by atoms with E-state index in [2.05, 4.69) is 23.4 Å². The molecular formula is C23H26N2O. The van der Waals surface area contributed by atoms with E-state index in [0.29, 0.717) is 5.82 Å². The van der Waals surface area contributed by atoms with E-state index in [0.717, 1.165) is 29.6 Å². The Labute approximate surface area is 155 Å².